The molecule has 2 aromatic rings. The van der Waals surface area contributed by atoms with Crippen molar-refractivity contribution in [3.8, 4) is 5.75 Å². The molecule has 0 saturated carbocycles. The van der Waals surface area contributed by atoms with E-state index in [1.807, 2.05) is 61.6 Å². The molecule has 4 heteroatoms. The second-order valence-electron chi connectivity index (χ2n) is 4.76. The van der Waals surface area contributed by atoms with Gasteiger partial charge in [0.15, 0.2) is 0 Å². The maximum absolute atomic E-state index is 12.0. The predicted octanol–water partition coefficient (Wildman–Crippen LogP) is 3.16. The number of hydrogen-bond acceptors (Lipinski definition) is 3. The summed E-state index contributed by atoms with van der Waals surface area (Å²) >= 11 is 0. The van der Waals surface area contributed by atoms with Gasteiger partial charge in [-0.15, -0.1) is 0 Å². The Morgan fingerprint density at radius 2 is 1.76 bits per heavy atom. The average molecular weight is 284 g/mol. The third-order valence-electron chi connectivity index (χ3n) is 3.25. The SMILES string of the molecule is COc1ccccc1NC(=O)CCN(C)c1ccccc1. The van der Waals surface area contributed by atoms with Crippen LogP contribution in [0.15, 0.2) is 54.6 Å². The van der Waals surface area contributed by atoms with Crippen LogP contribution >= 0.6 is 0 Å². The van der Waals surface area contributed by atoms with E-state index >= 15 is 0 Å². The number of benzene rings is 2. The summed E-state index contributed by atoms with van der Waals surface area (Å²) in [7, 11) is 3.57. The first-order valence-corrected chi connectivity index (χ1v) is 6.90. The van der Waals surface area contributed by atoms with Gasteiger partial charge in [0.25, 0.3) is 0 Å². The van der Waals surface area contributed by atoms with Crippen molar-refractivity contribution in [2.24, 2.45) is 0 Å². The third-order valence-corrected chi connectivity index (χ3v) is 3.25. The minimum Gasteiger partial charge on any atom is -0.495 e. The Balaban J connectivity index is 1.88. The molecule has 1 amide bonds. The summed E-state index contributed by atoms with van der Waals surface area (Å²) in [6.07, 6.45) is 0.420. The van der Waals surface area contributed by atoms with Gasteiger partial charge >= 0.3 is 0 Å². The van der Waals surface area contributed by atoms with Gasteiger partial charge in [0.05, 0.1) is 12.8 Å². The molecule has 0 unspecified atom stereocenters. The highest BCUT2D eigenvalue weighted by molar-refractivity contribution is 5.92. The highest BCUT2D eigenvalue weighted by Crippen LogP contribution is 2.23. The van der Waals surface area contributed by atoms with Crippen molar-refractivity contribution >= 4 is 17.3 Å². The summed E-state index contributed by atoms with van der Waals surface area (Å²) in [5, 5.41) is 2.88. The molecule has 0 atom stereocenters. The monoisotopic (exact) mass is 284 g/mol. The van der Waals surface area contributed by atoms with Gasteiger partial charge in [0, 0.05) is 25.7 Å². The summed E-state index contributed by atoms with van der Waals surface area (Å²) in [5.41, 5.74) is 1.80. The van der Waals surface area contributed by atoms with Gasteiger partial charge in [-0.3, -0.25) is 4.79 Å². The first-order chi connectivity index (χ1) is 10.2. The Labute approximate surface area is 125 Å². The fourth-order valence-corrected chi connectivity index (χ4v) is 2.04. The zero-order valence-electron chi connectivity index (χ0n) is 12.4. The zero-order valence-corrected chi connectivity index (χ0v) is 12.4. The Kier molecular flexibility index (Phi) is 5.21. The molecule has 2 rings (SSSR count). The fourth-order valence-electron chi connectivity index (χ4n) is 2.04. The van der Waals surface area contributed by atoms with Crippen molar-refractivity contribution in [3.63, 3.8) is 0 Å². The van der Waals surface area contributed by atoms with Crippen LogP contribution in [0.4, 0.5) is 11.4 Å². The van der Waals surface area contributed by atoms with E-state index in [-0.39, 0.29) is 5.91 Å². The summed E-state index contributed by atoms with van der Waals surface area (Å²) < 4.78 is 5.22. The molecule has 1 N–H and O–H groups in total. The molecule has 21 heavy (non-hydrogen) atoms. The van der Waals surface area contributed by atoms with Gasteiger partial charge < -0.3 is 15.0 Å². The second-order valence-corrected chi connectivity index (χ2v) is 4.76. The summed E-state index contributed by atoms with van der Waals surface area (Å²) in [5.74, 6) is 0.643. The highest BCUT2D eigenvalue weighted by atomic mass is 16.5. The Morgan fingerprint density at radius 1 is 1.10 bits per heavy atom. The molecule has 0 aliphatic carbocycles. The second kappa shape index (κ2) is 7.33. The number of nitrogens with zero attached hydrogens (tertiary/aromatic N) is 1. The van der Waals surface area contributed by atoms with E-state index in [1.54, 1.807) is 7.11 Å². The number of para-hydroxylation sites is 3. The van der Waals surface area contributed by atoms with Crippen molar-refractivity contribution in [2.75, 3.05) is 30.9 Å². The molecule has 0 saturated heterocycles. The maximum Gasteiger partial charge on any atom is 0.226 e. The first kappa shape index (κ1) is 14.9. The van der Waals surface area contributed by atoms with Crippen molar-refractivity contribution in [1.29, 1.82) is 0 Å². The fraction of sp³-hybridized carbons (Fsp3) is 0.235. The largest absolute Gasteiger partial charge is 0.495 e. The number of methoxy groups -OCH3 is 1. The standard InChI is InChI=1S/C17H20N2O2/c1-19(14-8-4-3-5-9-14)13-12-17(20)18-15-10-6-7-11-16(15)21-2/h3-11H,12-13H2,1-2H3,(H,18,20). The van der Waals surface area contributed by atoms with E-state index in [9.17, 15) is 4.79 Å². The van der Waals surface area contributed by atoms with Crippen molar-refractivity contribution in [2.45, 2.75) is 6.42 Å². The van der Waals surface area contributed by atoms with Crippen molar-refractivity contribution in [1.82, 2.24) is 0 Å². The number of anilines is 2. The van der Waals surface area contributed by atoms with E-state index in [1.165, 1.54) is 0 Å². The topological polar surface area (TPSA) is 41.6 Å². The van der Waals surface area contributed by atoms with Crippen LogP contribution in [0.3, 0.4) is 0 Å². The van der Waals surface area contributed by atoms with Gasteiger partial charge in [0.1, 0.15) is 5.75 Å². The van der Waals surface area contributed by atoms with Crippen LogP contribution in [0.1, 0.15) is 6.42 Å². The molecule has 0 aromatic heterocycles. The van der Waals surface area contributed by atoms with E-state index in [2.05, 4.69) is 10.2 Å². The van der Waals surface area contributed by atoms with Crippen LogP contribution in [0, 0.1) is 0 Å². The summed E-state index contributed by atoms with van der Waals surface area (Å²) in [6.45, 7) is 0.658. The molecule has 0 aliphatic rings. The molecular formula is C17H20N2O2. The Morgan fingerprint density at radius 3 is 2.48 bits per heavy atom. The van der Waals surface area contributed by atoms with E-state index in [0.29, 0.717) is 24.4 Å². The molecular weight excluding hydrogens is 264 g/mol. The number of rotatable bonds is 6. The molecule has 0 spiro atoms. The highest BCUT2D eigenvalue weighted by Gasteiger charge is 2.08. The first-order valence-electron chi connectivity index (χ1n) is 6.90. The normalized spacial score (nSPS) is 10.0. The predicted molar refractivity (Wildman–Crippen MR) is 86.0 cm³/mol. The summed E-state index contributed by atoms with van der Waals surface area (Å²) in [6, 6.07) is 17.4. The van der Waals surface area contributed by atoms with Crippen LogP contribution in [0.2, 0.25) is 0 Å². The molecule has 0 fully saturated rings. The van der Waals surface area contributed by atoms with Crippen LogP contribution in [0.5, 0.6) is 5.75 Å². The zero-order chi connectivity index (χ0) is 15.1. The van der Waals surface area contributed by atoms with Gasteiger partial charge in [-0.05, 0) is 24.3 Å². The van der Waals surface area contributed by atoms with Crippen molar-refractivity contribution in [3.05, 3.63) is 54.6 Å². The molecule has 0 radical (unpaired) electrons. The van der Waals surface area contributed by atoms with Crippen LogP contribution in [-0.4, -0.2) is 26.6 Å². The lowest BCUT2D eigenvalue weighted by atomic mass is 10.2. The average Bonchev–Trinajstić information content (AvgIpc) is 2.54. The van der Waals surface area contributed by atoms with Gasteiger partial charge in [-0.2, -0.15) is 0 Å². The molecule has 110 valence electrons. The van der Waals surface area contributed by atoms with Crippen LogP contribution < -0.4 is 15.0 Å². The number of hydrogen-bond donors (Lipinski definition) is 1. The van der Waals surface area contributed by atoms with E-state index < -0.39 is 0 Å². The number of amides is 1. The number of ether oxygens (including phenoxy) is 1. The lowest BCUT2D eigenvalue weighted by molar-refractivity contribution is -0.116. The minimum atomic E-state index is -0.0257. The van der Waals surface area contributed by atoms with E-state index in [4.69, 9.17) is 4.74 Å². The van der Waals surface area contributed by atoms with Gasteiger partial charge in [-0.1, -0.05) is 30.3 Å². The van der Waals surface area contributed by atoms with E-state index in [0.717, 1.165) is 5.69 Å². The number of nitrogens with one attached hydrogen (secondary N) is 1. The Bertz CT molecular complexity index is 584. The lowest BCUT2D eigenvalue weighted by Gasteiger charge is -2.19. The molecule has 0 heterocycles. The molecule has 0 bridgehead atoms. The Hall–Kier alpha value is -2.49. The van der Waals surface area contributed by atoms with Crippen molar-refractivity contribution < 1.29 is 9.53 Å². The smallest absolute Gasteiger partial charge is 0.226 e. The third kappa shape index (κ3) is 4.24. The minimum absolute atomic E-state index is 0.0257. The molecule has 2 aromatic carbocycles. The number of carbonyl (C=O) groups excluding carboxylic acids is 1. The lowest BCUT2D eigenvalue weighted by Crippen LogP contribution is -2.23. The number of carbonyl (C=O) groups is 1. The van der Waals surface area contributed by atoms with Crippen LogP contribution in [0.25, 0.3) is 0 Å². The quantitative estimate of drug-likeness (QED) is 0.886. The van der Waals surface area contributed by atoms with Gasteiger partial charge in [-0.25, -0.2) is 0 Å². The van der Waals surface area contributed by atoms with Crippen LogP contribution in [-0.2, 0) is 4.79 Å². The molecule has 4 nitrogen and oxygen atoms in total. The molecule has 0 aliphatic heterocycles. The summed E-state index contributed by atoms with van der Waals surface area (Å²) in [4.78, 5) is 14.1. The maximum atomic E-state index is 12.0. The van der Waals surface area contributed by atoms with Gasteiger partial charge in [0.2, 0.25) is 5.91 Å².